The largest absolute Gasteiger partial charge is 0.493 e. The predicted molar refractivity (Wildman–Crippen MR) is 75.5 cm³/mol. The predicted octanol–water partition coefficient (Wildman–Crippen LogP) is 2.57. The Hall–Kier alpha value is -2.49. The summed E-state index contributed by atoms with van der Waals surface area (Å²) in [6.45, 7) is 0.487. The summed E-state index contributed by atoms with van der Waals surface area (Å²) in [6.07, 6.45) is 1.56. The molecule has 2 aromatic rings. The fraction of sp³-hybridized carbons (Fsp3) is 0.133. The van der Waals surface area contributed by atoms with Crippen LogP contribution in [0.4, 0.5) is 0 Å². The van der Waals surface area contributed by atoms with Crippen molar-refractivity contribution in [1.29, 1.82) is 0 Å². The van der Waals surface area contributed by atoms with Gasteiger partial charge in [0.2, 0.25) is 0 Å². The van der Waals surface area contributed by atoms with E-state index in [2.05, 4.69) is 5.10 Å². The lowest BCUT2D eigenvalue weighted by Gasteiger charge is -2.11. The van der Waals surface area contributed by atoms with Gasteiger partial charge in [-0.2, -0.15) is 5.10 Å². The summed E-state index contributed by atoms with van der Waals surface area (Å²) >= 11 is 0. The zero-order valence-electron chi connectivity index (χ0n) is 10.7. The third-order valence-electron chi connectivity index (χ3n) is 2.65. The van der Waals surface area contributed by atoms with Crippen LogP contribution in [-0.4, -0.2) is 13.3 Å². The number of rotatable bonds is 5. The number of hydrogen-bond acceptors (Lipinski definition) is 4. The lowest BCUT2D eigenvalue weighted by Crippen LogP contribution is -1.98. The van der Waals surface area contributed by atoms with Gasteiger partial charge in [0.05, 0.1) is 13.3 Å². The molecule has 2 N–H and O–H groups in total. The maximum atomic E-state index is 5.77. The van der Waals surface area contributed by atoms with Crippen molar-refractivity contribution in [3.05, 3.63) is 59.7 Å². The molecule has 0 heterocycles. The first kappa shape index (κ1) is 13.0. The van der Waals surface area contributed by atoms with Crippen molar-refractivity contribution in [2.45, 2.75) is 6.61 Å². The molecule has 0 bridgehead atoms. The van der Waals surface area contributed by atoms with Gasteiger partial charge in [-0.15, -0.1) is 0 Å². The fourth-order valence-corrected chi connectivity index (χ4v) is 1.71. The highest BCUT2D eigenvalue weighted by atomic mass is 16.5. The standard InChI is InChI=1S/C15H16N2O2/c1-18-14-8-7-13(10-17-16)9-15(14)19-11-12-5-3-2-4-6-12/h2-10H,11,16H2,1H3. The summed E-state index contributed by atoms with van der Waals surface area (Å²) in [6, 6.07) is 15.5. The molecular formula is C15H16N2O2. The number of hydrazone groups is 1. The van der Waals surface area contributed by atoms with Crippen LogP contribution >= 0.6 is 0 Å². The second-order valence-electron chi connectivity index (χ2n) is 3.96. The molecular weight excluding hydrogens is 240 g/mol. The smallest absolute Gasteiger partial charge is 0.162 e. The number of ether oxygens (including phenoxy) is 2. The topological polar surface area (TPSA) is 56.8 Å². The Morgan fingerprint density at radius 3 is 2.58 bits per heavy atom. The molecule has 4 heteroatoms. The summed E-state index contributed by atoms with van der Waals surface area (Å²) < 4.78 is 11.0. The SMILES string of the molecule is COc1ccc(C=NN)cc1OCc1ccccc1. The Morgan fingerprint density at radius 1 is 1.11 bits per heavy atom. The van der Waals surface area contributed by atoms with Crippen LogP contribution < -0.4 is 15.3 Å². The van der Waals surface area contributed by atoms with E-state index in [1.165, 1.54) is 0 Å². The van der Waals surface area contributed by atoms with Gasteiger partial charge in [-0.05, 0) is 29.3 Å². The highest BCUT2D eigenvalue weighted by Crippen LogP contribution is 2.28. The minimum absolute atomic E-state index is 0.487. The third-order valence-corrected chi connectivity index (χ3v) is 2.65. The van der Waals surface area contributed by atoms with Gasteiger partial charge in [0.1, 0.15) is 6.61 Å². The Labute approximate surface area is 112 Å². The van der Waals surface area contributed by atoms with Gasteiger partial charge in [-0.3, -0.25) is 0 Å². The number of nitrogens with zero attached hydrogens (tertiary/aromatic N) is 1. The van der Waals surface area contributed by atoms with E-state index in [-0.39, 0.29) is 0 Å². The monoisotopic (exact) mass is 256 g/mol. The molecule has 0 fully saturated rings. The first-order valence-electron chi connectivity index (χ1n) is 5.91. The molecule has 0 aliphatic carbocycles. The van der Waals surface area contributed by atoms with Crippen LogP contribution in [-0.2, 0) is 6.61 Å². The molecule has 0 radical (unpaired) electrons. The molecule has 19 heavy (non-hydrogen) atoms. The first-order valence-corrected chi connectivity index (χ1v) is 5.91. The molecule has 0 spiro atoms. The van der Waals surface area contributed by atoms with Crippen molar-refractivity contribution in [2.24, 2.45) is 10.9 Å². The van der Waals surface area contributed by atoms with E-state index < -0.39 is 0 Å². The zero-order valence-corrected chi connectivity index (χ0v) is 10.7. The lowest BCUT2D eigenvalue weighted by molar-refractivity contribution is 0.284. The highest BCUT2D eigenvalue weighted by molar-refractivity contribution is 5.80. The maximum Gasteiger partial charge on any atom is 0.162 e. The average molecular weight is 256 g/mol. The molecule has 0 unspecified atom stereocenters. The van der Waals surface area contributed by atoms with Crippen molar-refractivity contribution in [2.75, 3.05) is 7.11 Å². The van der Waals surface area contributed by atoms with E-state index in [0.717, 1.165) is 11.1 Å². The van der Waals surface area contributed by atoms with Gasteiger partial charge in [0.15, 0.2) is 11.5 Å². The molecule has 0 aliphatic rings. The molecule has 98 valence electrons. The summed E-state index contributed by atoms with van der Waals surface area (Å²) in [5.74, 6) is 6.50. The van der Waals surface area contributed by atoms with E-state index in [0.29, 0.717) is 18.1 Å². The van der Waals surface area contributed by atoms with Gasteiger partial charge in [0, 0.05) is 0 Å². The van der Waals surface area contributed by atoms with Gasteiger partial charge in [0.25, 0.3) is 0 Å². The molecule has 2 aromatic carbocycles. The van der Waals surface area contributed by atoms with E-state index in [9.17, 15) is 0 Å². The first-order chi connectivity index (χ1) is 9.33. The minimum Gasteiger partial charge on any atom is -0.493 e. The Morgan fingerprint density at radius 2 is 1.89 bits per heavy atom. The van der Waals surface area contributed by atoms with E-state index in [4.69, 9.17) is 15.3 Å². The van der Waals surface area contributed by atoms with E-state index in [1.807, 2.05) is 48.5 Å². The molecule has 4 nitrogen and oxygen atoms in total. The molecule has 0 amide bonds. The minimum atomic E-state index is 0.487. The molecule has 0 atom stereocenters. The normalized spacial score (nSPS) is 10.6. The maximum absolute atomic E-state index is 5.77. The van der Waals surface area contributed by atoms with Gasteiger partial charge in [-0.25, -0.2) is 0 Å². The van der Waals surface area contributed by atoms with Crippen LogP contribution in [0.25, 0.3) is 0 Å². The van der Waals surface area contributed by atoms with Gasteiger partial charge < -0.3 is 15.3 Å². The van der Waals surface area contributed by atoms with Crippen LogP contribution in [0.2, 0.25) is 0 Å². The summed E-state index contributed by atoms with van der Waals surface area (Å²) in [7, 11) is 1.61. The number of benzene rings is 2. The van der Waals surface area contributed by atoms with E-state index in [1.54, 1.807) is 13.3 Å². The second kappa shape index (κ2) is 6.44. The average Bonchev–Trinajstić information content (AvgIpc) is 2.47. The molecule has 2 rings (SSSR count). The summed E-state index contributed by atoms with van der Waals surface area (Å²) in [4.78, 5) is 0. The molecule has 0 aliphatic heterocycles. The third kappa shape index (κ3) is 3.48. The van der Waals surface area contributed by atoms with Crippen molar-refractivity contribution in [1.82, 2.24) is 0 Å². The van der Waals surface area contributed by atoms with Gasteiger partial charge in [-0.1, -0.05) is 30.3 Å². The Bertz CT molecular complexity index is 553. The number of nitrogens with two attached hydrogens (primary N) is 1. The summed E-state index contributed by atoms with van der Waals surface area (Å²) in [5.41, 5.74) is 1.97. The Balaban J connectivity index is 2.15. The second-order valence-corrected chi connectivity index (χ2v) is 3.96. The van der Waals surface area contributed by atoms with Crippen LogP contribution in [0.1, 0.15) is 11.1 Å². The van der Waals surface area contributed by atoms with Crippen LogP contribution in [0.3, 0.4) is 0 Å². The van der Waals surface area contributed by atoms with Crippen LogP contribution in [0.5, 0.6) is 11.5 Å². The lowest BCUT2D eigenvalue weighted by atomic mass is 10.2. The van der Waals surface area contributed by atoms with Gasteiger partial charge >= 0.3 is 0 Å². The van der Waals surface area contributed by atoms with Crippen LogP contribution in [0.15, 0.2) is 53.6 Å². The molecule has 0 saturated carbocycles. The number of methoxy groups -OCH3 is 1. The highest BCUT2D eigenvalue weighted by Gasteiger charge is 2.05. The quantitative estimate of drug-likeness (QED) is 0.508. The van der Waals surface area contributed by atoms with Crippen molar-refractivity contribution >= 4 is 6.21 Å². The van der Waals surface area contributed by atoms with Crippen molar-refractivity contribution < 1.29 is 9.47 Å². The molecule has 0 aromatic heterocycles. The van der Waals surface area contributed by atoms with Crippen molar-refractivity contribution in [3.63, 3.8) is 0 Å². The summed E-state index contributed by atoms with van der Waals surface area (Å²) in [5, 5.41) is 3.50. The van der Waals surface area contributed by atoms with Crippen molar-refractivity contribution in [3.8, 4) is 11.5 Å². The number of hydrogen-bond donors (Lipinski definition) is 1. The van der Waals surface area contributed by atoms with E-state index >= 15 is 0 Å². The Kier molecular flexibility index (Phi) is 4.39. The molecule has 0 saturated heterocycles. The fourth-order valence-electron chi connectivity index (χ4n) is 1.71. The van der Waals surface area contributed by atoms with Crippen LogP contribution in [0, 0.1) is 0 Å². The zero-order chi connectivity index (χ0) is 13.5.